The van der Waals surface area contributed by atoms with E-state index in [2.05, 4.69) is 4.98 Å². The molecule has 0 N–H and O–H groups in total. The zero-order valence-electron chi connectivity index (χ0n) is 13.2. The topological polar surface area (TPSA) is 74.7 Å². The zero-order chi connectivity index (χ0) is 16.6. The number of esters is 2. The highest BCUT2D eigenvalue weighted by atomic mass is 16.6. The van der Waals surface area contributed by atoms with Crippen molar-refractivity contribution < 1.29 is 23.8 Å². The van der Waals surface area contributed by atoms with Gasteiger partial charge >= 0.3 is 11.9 Å². The van der Waals surface area contributed by atoms with Crippen molar-refractivity contribution in [1.29, 1.82) is 0 Å². The number of aryl methyl sites for hydroxylation is 1. The summed E-state index contributed by atoms with van der Waals surface area (Å²) >= 11 is 0. The third-order valence-electron chi connectivity index (χ3n) is 3.81. The molecule has 120 valence electrons. The van der Waals surface area contributed by atoms with E-state index in [1.54, 1.807) is 39.2 Å². The van der Waals surface area contributed by atoms with Gasteiger partial charge in [-0.2, -0.15) is 0 Å². The third-order valence-corrected chi connectivity index (χ3v) is 3.81. The molecule has 1 aromatic carbocycles. The number of cyclic esters (lactones) is 1. The predicted molar refractivity (Wildman–Crippen MR) is 82.4 cm³/mol. The van der Waals surface area contributed by atoms with Crippen LogP contribution in [0.1, 0.15) is 29.4 Å². The van der Waals surface area contributed by atoms with Gasteiger partial charge in [0.1, 0.15) is 11.9 Å². The minimum Gasteiger partial charge on any atom is -0.497 e. The maximum Gasteiger partial charge on any atom is 0.347 e. The Morgan fingerprint density at radius 2 is 2.13 bits per heavy atom. The predicted octanol–water partition coefficient (Wildman–Crippen LogP) is 2.41. The molecule has 0 saturated carbocycles. The van der Waals surface area contributed by atoms with E-state index in [-0.39, 0.29) is 6.10 Å². The van der Waals surface area contributed by atoms with Crippen molar-refractivity contribution in [2.24, 2.45) is 0 Å². The standard InChI is InChI=1S/C17H17NO5/c1-9-6-15(17(20)22-9)23-16(19)13-7-11-4-5-12(21-3)8-14(11)18-10(13)2/h4-5,7-9,15H,6H2,1-3H3/t9-,15-/m1/s1. The number of carbonyl (C=O) groups is 2. The fourth-order valence-corrected chi connectivity index (χ4v) is 2.59. The van der Waals surface area contributed by atoms with Gasteiger partial charge in [0.2, 0.25) is 6.10 Å². The number of fused-ring (bicyclic) bond motifs is 1. The van der Waals surface area contributed by atoms with Crippen LogP contribution in [0.15, 0.2) is 24.3 Å². The van der Waals surface area contributed by atoms with Gasteiger partial charge < -0.3 is 14.2 Å². The Morgan fingerprint density at radius 1 is 1.35 bits per heavy atom. The van der Waals surface area contributed by atoms with Gasteiger partial charge in [-0.25, -0.2) is 9.59 Å². The summed E-state index contributed by atoms with van der Waals surface area (Å²) in [5.41, 5.74) is 1.61. The highest BCUT2D eigenvalue weighted by Gasteiger charge is 2.35. The summed E-state index contributed by atoms with van der Waals surface area (Å²) < 4.78 is 15.4. The van der Waals surface area contributed by atoms with Crippen LogP contribution >= 0.6 is 0 Å². The number of ether oxygens (including phenoxy) is 3. The number of aromatic nitrogens is 1. The van der Waals surface area contributed by atoms with Crippen molar-refractivity contribution in [3.63, 3.8) is 0 Å². The SMILES string of the molecule is COc1ccc2cc(C(=O)O[C@@H]3C[C@@H](C)OC3=O)c(C)nc2c1. The van der Waals surface area contributed by atoms with E-state index in [4.69, 9.17) is 14.2 Å². The number of rotatable bonds is 3. The van der Waals surface area contributed by atoms with E-state index in [9.17, 15) is 9.59 Å². The van der Waals surface area contributed by atoms with E-state index in [0.29, 0.717) is 23.4 Å². The lowest BCUT2D eigenvalue weighted by Crippen LogP contribution is -2.23. The average Bonchev–Trinajstić information content (AvgIpc) is 2.83. The highest BCUT2D eigenvalue weighted by molar-refractivity contribution is 5.96. The van der Waals surface area contributed by atoms with Gasteiger partial charge in [-0.05, 0) is 32.0 Å². The Kier molecular flexibility index (Phi) is 3.90. The second kappa shape index (κ2) is 5.87. The second-order valence-corrected chi connectivity index (χ2v) is 5.56. The molecule has 1 saturated heterocycles. The third kappa shape index (κ3) is 2.97. The number of methoxy groups -OCH3 is 1. The van der Waals surface area contributed by atoms with Crippen molar-refractivity contribution in [2.75, 3.05) is 7.11 Å². The molecular formula is C17H17NO5. The van der Waals surface area contributed by atoms with Gasteiger partial charge in [-0.1, -0.05) is 0 Å². The minimum atomic E-state index is -0.844. The molecule has 6 heteroatoms. The maximum atomic E-state index is 12.3. The Balaban J connectivity index is 1.88. The normalized spacial score (nSPS) is 20.4. The molecule has 1 aliphatic heterocycles. The molecule has 2 heterocycles. The van der Waals surface area contributed by atoms with Crippen LogP contribution in [-0.2, 0) is 14.3 Å². The molecule has 3 rings (SSSR count). The summed E-state index contributed by atoms with van der Waals surface area (Å²) in [4.78, 5) is 28.4. The smallest absolute Gasteiger partial charge is 0.347 e. The molecule has 0 unspecified atom stereocenters. The van der Waals surface area contributed by atoms with Crippen LogP contribution in [0.4, 0.5) is 0 Å². The van der Waals surface area contributed by atoms with Crippen LogP contribution in [0.5, 0.6) is 5.75 Å². The van der Waals surface area contributed by atoms with Gasteiger partial charge in [-0.3, -0.25) is 4.98 Å². The van der Waals surface area contributed by atoms with Gasteiger partial charge in [-0.15, -0.1) is 0 Å². The highest BCUT2D eigenvalue weighted by Crippen LogP contribution is 2.24. The monoisotopic (exact) mass is 315 g/mol. The van der Waals surface area contributed by atoms with Crippen LogP contribution in [0.3, 0.4) is 0 Å². The van der Waals surface area contributed by atoms with E-state index in [1.165, 1.54) is 0 Å². The molecule has 0 bridgehead atoms. The van der Waals surface area contributed by atoms with Crippen LogP contribution in [-0.4, -0.2) is 36.2 Å². The first-order valence-electron chi connectivity index (χ1n) is 7.35. The van der Waals surface area contributed by atoms with Crippen molar-refractivity contribution in [1.82, 2.24) is 4.98 Å². The number of hydrogen-bond acceptors (Lipinski definition) is 6. The number of benzene rings is 1. The second-order valence-electron chi connectivity index (χ2n) is 5.56. The maximum absolute atomic E-state index is 12.3. The first-order valence-corrected chi connectivity index (χ1v) is 7.35. The quantitative estimate of drug-likeness (QED) is 0.810. The lowest BCUT2D eigenvalue weighted by Gasteiger charge is -2.11. The fraction of sp³-hybridized carbons (Fsp3) is 0.353. The largest absolute Gasteiger partial charge is 0.497 e. The summed E-state index contributed by atoms with van der Waals surface area (Å²) in [5.74, 6) is -0.367. The van der Waals surface area contributed by atoms with E-state index in [1.807, 2.05) is 6.07 Å². The summed E-state index contributed by atoms with van der Waals surface area (Å²) in [5, 5.41) is 0.797. The first kappa shape index (κ1) is 15.3. The average molecular weight is 315 g/mol. The summed E-state index contributed by atoms with van der Waals surface area (Å²) in [6.07, 6.45) is -0.700. The van der Waals surface area contributed by atoms with E-state index < -0.39 is 18.0 Å². The van der Waals surface area contributed by atoms with Crippen LogP contribution < -0.4 is 4.74 Å². The molecule has 2 atom stereocenters. The fourth-order valence-electron chi connectivity index (χ4n) is 2.59. The van der Waals surface area contributed by atoms with Crippen LogP contribution in [0.25, 0.3) is 10.9 Å². The molecule has 1 fully saturated rings. The summed E-state index contributed by atoms with van der Waals surface area (Å²) in [6.45, 7) is 3.49. The molecule has 0 amide bonds. The number of pyridine rings is 1. The molecule has 0 aliphatic carbocycles. The van der Waals surface area contributed by atoms with Gasteiger partial charge in [0.15, 0.2) is 0 Å². The van der Waals surface area contributed by atoms with E-state index in [0.717, 1.165) is 10.9 Å². The van der Waals surface area contributed by atoms with Crippen molar-refractivity contribution >= 4 is 22.8 Å². The van der Waals surface area contributed by atoms with Crippen molar-refractivity contribution in [2.45, 2.75) is 32.5 Å². The minimum absolute atomic E-state index is 0.233. The molecule has 0 radical (unpaired) electrons. The number of nitrogens with zero attached hydrogens (tertiary/aromatic N) is 1. The van der Waals surface area contributed by atoms with Crippen LogP contribution in [0.2, 0.25) is 0 Å². The molecule has 1 aromatic heterocycles. The Bertz CT molecular complexity index is 786. The van der Waals surface area contributed by atoms with Crippen molar-refractivity contribution in [3.8, 4) is 5.75 Å². The van der Waals surface area contributed by atoms with Crippen LogP contribution in [0, 0.1) is 6.92 Å². The number of hydrogen-bond donors (Lipinski definition) is 0. The van der Waals surface area contributed by atoms with E-state index >= 15 is 0 Å². The molecular weight excluding hydrogens is 298 g/mol. The molecule has 6 nitrogen and oxygen atoms in total. The number of carbonyl (C=O) groups excluding carboxylic acids is 2. The Labute approximate surface area is 133 Å². The lowest BCUT2D eigenvalue weighted by atomic mass is 10.1. The molecule has 0 spiro atoms. The summed E-state index contributed by atoms with van der Waals surface area (Å²) in [7, 11) is 1.58. The van der Waals surface area contributed by atoms with Gasteiger partial charge in [0.05, 0.1) is 23.9 Å². The van der Waals surface area contributed by atoms with Gasteiger partial charge in [0, 0.05) is 17.9 Å². The Hall–Kier alpha value is -2.63. The first-order chi connectivity index (χ1) is 11.0. The summed E-state index contributed by atoms with van der Waals surface area (Å²) in [6, 6.07) is 7.13. The zero-order valence-corrected chi connectivity index (χ0v) is 13.2. The van der Waals surface area contributed by atoms with Gasteiger partial charge in [0.25, 0.3) is 0 Å². The molecule has 1 aliphatic rings. The Morgan fingerprint density at radius 3 is 2.78 bits per heavy atom. The molecule has 23 heavy (non-hydrogen) atoms. The lowest BCUT2D eigenvalue weighted by molar-refractivity contribution is -0.147. The van der Waals surface area contributed by atoms with Crippen molar-refractivity contribution in [3.05, 3.63) is 35.5 Å². The molecule has 2 aromatic rings.